The number of benzene rings is 2. The summed E-state index contributed by atoms with van der Waals surface area (Å²) in [6.45, 7) is 2.31. The molecule has 0 saturated heterocycles. The minimum atomic E-state index is -0.771. The van der Waals surface area contributed by atoms with Crippen molar-refractivity contribution in [3.63, 3.8) is 0 Å². The zero-order valence-electron chi connectivity index (χ0n) is 13.0. The fourth-order valence-electron chi connectivity index (χ4n) is 2.23. The summed E-state index contributed by atoms with van der Waals surface area (Å²) in [5, 5.41) is 5.11. The normalized spacial score (nSPS) is 10.4. The predicted molar refractivity (Wildman–Crippen MR) is 91.0 cm³/mol. The predicted octanol–water partition coefficient (Wildman–Crippen LogP) is 2.54. The van der Waals surface area contributed by atoms with E-state index in [1.54, 1.807) is 48.8 Å². The van der Waals surface area contributed by atoms with E-state index in [0.717, 1.165) is 11.0 Å². The third kappa shape index (κ3) is 3.35. The first-order valence-electron chi connectivity index (χ1n) is 7.44. The van der Waals surface area contributed by atoms with Gasteiger partial charge >= 0.3 is 11.8 Å². The summed E-state index contributed by atoms with van der Waals surface area (Å²) < 4.78 is 5.42. The van der Waals surface area contributed by atoms with E-state index in [0.29, 0.717) is 23.7 Å². The van der Waals surface area contributed by atoms with E-state index < -0.39 is 11.8 Å². The first-order chi connectivity index (χ1) is 11.7. The molecule has 2 amide bonds. The Morgan fingerprint density at radius 1 is 1.12 bits per heavy atom. The van der Waals surface area contributed by atoms with Gasteiger partial charge < -0.3 is 20.4 Å². The van der Waals surface area contributed by atoms with Crippen molar-refractivity contribution in [2.24, 2.45) is 0 Å². The van der Waals surface area contributed by atoms with Gasteiger partial charge in [0.25, 0.3) is 0 Å². The molecule has 0 bridgehead atoms. The first kappa shape index (κ1) is 15.5. The van der Waals surface area contributed by atoms with Crippen LogP contribution in [-0.4, -0.2) is 28.4 Å². The molecule has 0 atom stereocenters. The zero-order chi connectivity index (χ0) is 16.9. The van der Waals surface area contributed by atoms with E-state index in [1.807, 2.05) is 6.92 Å². The molecule has 7 heteroatoms. The smallest absolute Gasteiger partial charge is 0.314 e. The molecule has 122 valence electrons. The lowest BCUT2D eigenvalue weighted by atomic mass is 10.2. The van der Waals surface area contributed by atoms with Crippen molar-refractivity contribution in [1.82, 2.24) is 9.97 Å². The lowest BCUT2D eigenvalue weighted by Crippen LogP contribution is -2.29. The molecule has 0 spiro atoms. The number of hydrogen-bond acceptors (Lipinski definition) is 4. The Bertz CT molecular complexity index is 888. The number of anilines is 2. The Labute approximate surface area is 138 Å². The molecule has 0 aliphatic heterocycles. The van der Waals surface area contributed by atoms with Gasteiger partial charge in [0.1, 0.15) is 5.75 Å². The number of carbonyl (C=O) groups is 2. The maximum Gasteiger partial charge on any atom is 0.314 e. The molecule has 0 saturated carbocycles. The fourth-order valence-corrected chi connectivity index (χ4v) is 2.23. The summed E-state index contributed by atoms with van der Waals surface area (Å²) in [5.41, 5.74) is 2.51. The molecule has 0 aliphatic carbocycles. The Balaban J connectivity index is 1.69. The number of amides is 2. The monoisotopic (exact) mass is 324 g/mol. The van der Waals surface area contributed by atoms with E-state index in [1.165, 1.54) is 0 Å². The number of fused-ring (bicyclic) bond motifs is 1. The zero-order valence-corrected chi connectivity index (χ0v) is 13.0. The van der Waals surface area contributed by atoms with Gasteiger partial charge in [0.05, 0.1) is 29.7 Å². The molecule has 3 aromatic rings. The van der Waals surface area contributed by atoms with Gasteiger partial charge in [-0.2, -0.15) is 0 Å². The number of aromatic nitrogens is 2. The van der Waals surface area contributed by atoms with Gasteiger partial charge in [-0.05, 0) is 37.3 Å². The lowest BCUT2D eigenvalue weighted by Gasteiger charge is -2.11. The molecule has 24 heavy (non-hydrogen) atoms. The Hall–Kier alpha value is -3.35. The Morgan fingerprint density at radius 3 is 2.75 bits per heavy atom. The second-order valence-electron chi connectivity index (χ2n) is 4.97. The number of nitrogens with one attached hydrogen (secondary N) is 3. The van der Waals surface area contributed by atoms with E-state index in [-0.39, 0.29) is 0 Å². The third-order valence-electron chi connectivity index (χ3n) is 3.32. The first-order valence-corrected chi connectivity index (χ1v) is 7.44. The van der Waals surface area contributed by atoms with Crippen molar-refractivity contribution < 1.29 is 14.3 Å². The van der Waals surface area contributed by atoms with Gasteiger partial charge in [-0.3, -0.25) is 9.59 Å². The molecular formula is C17H16N4O3. The molecule has 0 aliphatic rings. The van der Waals surface area contributed by atoms with E-state index >= 15 is 0 Å². The number of para-hydroxylation sites is 2. The second-order valence-corrected chi connectivity index (χ2v) is 4.97. The van der Waals surface area contributed by atoms with Gasteiger partial charge in [0, 0.05) is 5.69 Å². The number of nitrogens with zero attached hydrogens (tertiary/aromatic N) is 1. The lowest BCUT2D eigenvalue weighted by molar-refractivity contribution is -0.133. The largest absolute Gasteiger partial charge is 0.492 e. The molecule has 0 radical (unpaired) electrons. The maximum absolute atomic E-state index is 12.1. The van der Waals surface area contributed by atoms with Crippen LogP contribution < -0.4 is 15.4 Å². The van der Waals surface area contributed by atoms with Gasteiger partial charge in [-0.15, -0.1) is 0 Å². The average Bonchev–Trinajstić information content (AvgIpc) is 3.04. The summed E-state index contributed by atoms with van der Waals surface area (Å²) in [6.07, 6.45) is 1.56. The quantitative estimate of drug-likeness (QED) is 0.643. The highest BCUT2D eigenvalue weighted by molar-refractivity contribution is 6.43. The van der Waals surface area contributed by atoms with Crippen molar-refractivity contribution >= 4 is 34.2 Å². The fraction of sp³-hybridized carbons (Fsp3) is 0.118. The van der Waals surface area contributed by atoms with Crippen molar-refractivity contribution in [3.05, 3.63) is 48.8 Å². The number of hydrogen-bond donors (Lipinski definition) is 3. The molecule has 0 unspecified atom stereocenters. The minimum Gasteiger partial charge on any atom is -0.492 e. The van der Waals surface area contributed by atoms with Crippen LogP contribution in [0, 0.1) is 0 Å². The highest BCUT2D eigenvalue weighted by Crippen LogP contribution is 2.23. The second kappa shape index (κ2) is 6.82. The molecule has 7 nitrogen and oxygen atoms in total. The molecule has 0 fully saturated rings. The number of rotatable bonds is 4. The SMILES string of the molecule is CCOc1ccccc1NC(=O)C(=O)Nc1ccc2nc[nH]c2c1. The average molecular weight is 324 g/mol. The summed E-state index contributed by atoms with van der Waals surface area (Å²) >= 11 is 0. The number of aromatic amines is 1. The van der Waals surface area contributed by atoms with Crippen LogP contribution >= 0.6 is 0 Å². The van der Waals surface area contributed by atoms with Crippen LogP contribution in [0.4, 0.5) is 11.4 Å². The van der Waals surface area contributed by atoms with Gasteiger partial charge in [0.2, 0.25) is 0 Å². The topological polar surface area (TPSA) is 96.1 Å². The van der Waals surface area contributed by atoms with E-state index in [4.69, 9.17) is 4.74 Å². The Kier molecular flexibility index (Phi) is 4.42. The van der Waals surface area contributed by atoms with Crippen molar-refractivity contribution in [2.45, 2.75) is 6.92 Å². The summed E-state index contributed by atoms with van der Waals surface area (Å²) in [7, 11) is 0. The summed E-state index contributed by atoms with van der Waals surface area (Å²) in [5.74, 6) is -1.02. The highest BCUT2D eigenvalue weighted by atomic mass is 16.5. The number of imidazole rings is 1. The van der Waals surface area contributed by atoms with Gasteiger partial charge in [0.15, 0.2) is 0 Å². The highest BCUT2D eigenvalue weighted by Gasteiger charge is 2.16. The van der Waals surface area contributed by atoms with Crippen LogP contribution in [0.5, 0.6) is 5.75 Å². The summed E-state index contributed by atoms with van der Waals surface area (Å²) in [6, 6.07) is 12.1. The third-order valence-corrected chi connectivity index (χ3v) is 3.32. The van der Waals surface area contributed by atoms with Crippen molar-refractivity contribution in [1.29, 1.82) is 0 Å². The number of H-pyrrole nitrogens is 1. The van der Waals surface area contributed by atoms with E-state index in [9.17, 15) is 9.59 Å². The van der Waals surface area contributed by atoms with Crippen LogP contribution in [0.2, 0.25) is 0 Å². The van der Waals surface area contributed by atoms with Crippen LogP contribution in [0.15, 0.2) is 48.8 Å². The summed E-state index contributed by atoms with van der Waals surface area (Å²) in [4.78, 5) is 31.2. The van der Waals surface area contributed by atoms with Crippen LogP contribution in [0.25, 0.3) is 11.0 Å². The van der Waals surface area contributed by atoms with Crippen LogP contribution in [-0.2, 0) is 9.59 Å². The van der Waals surface area contributed by atoms with Crippen molar-refractivity contribution in [3.8, 4) is 5.75 Å². The number of carbonyl (C=O) groups excluding carboxylic acids is 2. The molecule has 3 rings (SSSR count). The van der Waals surface area contributed by atoms with Crippen LogP contribution in [0.1, 0.15) is 6.92 Å². The molecule has 3 N–H and O–H groups in total. The number of ether oxygens (including phenoxy) is 1. The molecular weight excluding hydrogens is 308 g/mol. The van der Waals surface area contributed by atoms with Gasteiger partial charge in [-0.25, -0.2) is 4.98 Å². The maximum atomic E-state index is 12.1. The van der Waals surface area contributed by atoms with Crippen molar-refractivity contribution in [2.75, 3.05) is 17.2 Å². The standard InChI is InChI=1S/C17H16N4O3/c1-2-24-15-6-4-3-5-13(15)21-17(23)16(22)20-11-7-8-12-14(9-11)19-10-18-12/h3-10H,2H2,1H3,(H,18,19)(H,20,22)(H,21,23). The molecule has 1 heterocycles. The Morgan fingerprint density at radius 2 is 1.92 bits per heavy atom. The van der Waals surface area contributed by atoms with E-state index in [2.05, 4.69) is 20.6 Å². The van der Waals surface area contributed by atoms with Gasteiger partial charge in [-0.1, -0.05) is 12.1 Å². The minimum absolute atomic E-state index is 0.448. The van der Waals surface area contributed by atoms with Crippen LogP contribution in [0.3, 0.4) is 0 Å². The molecule has 1 aromatic heterocycles. The molecule has 2 aromatic carbocycles.